The molecule has 0 aromatic rings. The average Bonchev–Trinajstić information content (AvgIpc) is 2.39. The Morgan fingerprint density at radius 2 is 1.81 bits per heavy atom. The van der Waals surface area contributed by atoms with E-state index < -0.39 is 22.8 Å². The van der Waals surface area contributed by atoms with Crippen molar-refractivity contribution in [3.8, 4) is 0 Å². The van der Waals surface area contributed by atoms with Crippen LogP contribution in [0.4, 0.5) is 0 Å². The number of hydrogen-bond acceptors (Lipinski definition) is 2. The minimum absolute atomic E-state index is 0.409. The number of carboxylic acid groups (broad SMARTS) is 2. The van der Waals surface area contributed by atoms with Crippen LogP contribution >= 0.6 is 0 Å². The molecule has 2 N–H and O–H groups in total. The summed E-state index contributed by atoms with van der Waals surface area (Å²) in [5.74, 6) is -1.36. The lowest BCUT2D eigenvalue weighted by molar-refractivity contribution is -0.170. The van der Waals surface area contributed by atoms with E-state index >= 15 is 0 Å². The van der Waals surface area contributed by atoms with Crippen molar-refractivity contribution in [1.82, 2.24) is 0 Å². The molecule has 1 aliphatic rings. The molecular formula is C17H28O4. The highest BCUT2D eigenvalue weighted by molar-refractivity contribution is 5.88. The molecule has 0 aromatic heterocycles. The predicted molar refractivity (Wildman–Crippen MR) is 82.1 cm³/mol. The van der Waals surface area contributed by atoms with E-state index in [2.05, 4.69) is 13.8 Å². The van der Waals surface area contributed by atoms with Crippen molar-refractivity contribution in [2.24, 2.45) is 16.7 Å². The van der Waals surface area contributed by atoms with E-state index in [1.807, 2.05) is 0 Å². The van der Waals surface area contributed by atoms with Crippen LogP contribution in [-0.2, 0) is 9.59 Å². The molecule has 0 saturated heterocycles. The number of carbonyl (C=O) groups is 2. The Balaban J connectivity index is 2.81. The van der Waals surface area contributed by atoms with Gasteiger partial charge in [-0.15, -0.1) is 0 Å². The topological polar surface area (TPSA) is 74.6 Å². The molecule has 0 radical (unpaired) electrons. The second kappa shape index (κ2) is 7.10. The molecule has 2 unspecified atom stereocenters. The van der Waals surface area contributed by atoms with Crippen LogP contribution in [-0.4, -0.2) is 22.2 Å². The lowest BCUT2D eigenvalue weighted by Gasteiger charge is -2.43. The summed E-state index contributed by atoms with van der Waals surface area (Å²) in [6.07, 6.45) is 8.82. The van der Waals surface area contributed by atoms with Gasteiger partial charge in [-0.2, -0.15) is 0 Å². The molecule has 0 bridgehead atoms. The molecule has 0 amide bonds. The third kappa shape index (κ3) is 3.66. The highest BCUT2D eigenvalue weighted by Gasteiger charge is 2.57. The standard InChI is InChI=1S/C17H28O4/c1-13(2)9-5-4-6-11-17(15(20)21)12-8-7-10-16(17,3)14(18)19/h7,10,13H,4-6,8-9,11-12H2,1-3H3,(H,18,19)(H,20,21). The second-order valence-corrected chi connectivity index (χ2v) is 6.83. The fraction of sp³-hybridized carbons (Fsp3) is 0.765. The first-order valence-electron chi connectivity index (χ1n) is 7.91. The number of hydrogen-bond donors (Lipinski definition) is 2. The first-order chi connectivity index (χ1) is 9.76. The zero-order valence-electron chi connectivity index (χ0n) is 13.4. The average molecular weight is 296 g/mol. The largest absolute Gasteiger partial charge is 0.481 e. The van der Waals surface area contributed by atoms with Gasteiger partial charge in [0.05, 0.1) is 10.8 Å². The van der Waals surface area contributed by atoms with Gasteiger partial charge in [0, 0.05) is 0 Å². The van der Waals surface area contributed by atoms with Crippen molar-refractivity contribution in [3.05, 3.63) is 12.2 Å². The molecule has 1 aliphatic carbocycles. The number of aliphatic carboxylic acids is 2. The zero-order chi connectivity index (χ0) is 16.1. The third-order valence-electron chi connectivity index (χ3n) is 4.92. The maximum absolute atomic E-state index is 11.9. The van der Waals surface area contributed by atoms with Crippen LogP contribution in [0.25, 0.3) is 0 Å². The first-order valence-corrected chi connectivity index (χ1v) is 7.91. The summed E-state index contributed by atoms with van der Waals surface area (Å²) in [5.41, 5.74) is -2.49. The SMILES string of the molecule is CC(C)CCCCCC1(C(=O)O)CCC=CC1(C)C(=O)O. The van der Waals surface area contributed by atoms with Crippen molar-refractivity contribution in [3.63, 3.8) is 0 Å². The second-order valence-electron chi connectivity index (χ2n) is 6.83. The van der Waals surface area contributed by atoms with Crippen LogP contribution in [0.2, 0.25) is 0 Å². The van der Waals surface area contributed by atoms with Crippen LogP contribution in [0.15, 0.2) is 12.2 Å². The van der Waals surface area contributed by atoms with Gasteiger partial charge < -0.3 is 10.2 Å². The predicted octanol–water partition coefficient (Wildman–Crippen LogP) is 4.10. The molecule has 4 nitrogen and oxygen atoms in total. The van der Waals surface area contributed by atoms with Gasteiger partial charge in [-0.25, -0.2) is 0 Å². The van der Waals surface area contributed by atoms with E-state index in [0.717, 1.165) is 25.7 Å². The lowest BCUT2D eigenvalue weighted by Crippen LogP contribution is -2.51. The van der Waals surface area contributed by atoms with E-state index in [1.165, 1.54) is 0 Å². The quantitative estimate of drug-likeness (QED) is 0.522. The summed E-state index contributed by atoms with van der Waals surface area (Å²) >= 11 is 0. The smallest absolute Gasteiger partial charge is 0.314 e. The van der Waals surface area contributed by atoms with Gasteiger partial charge in [0.25, 0.3) is 0 Å². The lowest BCUT2D eigenvalue weighted by atomic mass is 9.57. The van der Waals surface area contributed by atoms with E-state index in [1.54, 1.807) is 19.1 Å². The summed E-state index contributed by atoms with van der Waals surface area (Å²) in [4.78, 5) is 23.5. The molecule has 0 aromatic carbocycles. The summed E-state index contributed by atoms with van der Waals surface area (Å²) in [7, 11) is 0. The molecule has 0 spiro atoms. The van der Waals surface area contributed by atoms with Gasteiger partial charge in [-0.1, -0.05) is 51.7 Å². The molecule has 2 atom stereocenters. The van der Waals surface area contributed by atoms with Gasteiger partial charge in [0.2, 0.25) is 0 Å². The van der Waals surface area contributed by atoms with Crippen LogP contribution in [0.3, 0.4) is 0 Å². The minimum Gasteiger partial charge on any atom is -0.481 e. The molecule has 1 rings (SSSR count). The molecular weight excluding hydrogens is 268 g/mol. The Morgan fingerprint density at radius 3 is 2.33 bits per heavy atom. The fourth-order valence-electron chi connectivity index (χ4n) is 3.32. The van der Waals surface area contributed by atoms with Crippen molar-refractivity contribution >= 4 is 11.9 Å². The number of rotatable bonds is 8. The molecule has 0 aliphatic heterocycles. The number of carboxylic acids is 2. The highest BCUT2D eigenvalue weighted by Crippen LogP contribution is 2.51. The van der Waals surface area contributed by atoms with E-state index in [-0.39, 0.29) is 0 Å². The third-order valence-corrected chi connectivity index (χ3v) is 4.92. The maximum Gasteiger partial charge on any atom is 0.314 e. The molecule has 21 heavy (non-hydrogen) atoms. The summed E-state index contributed by atoms with van der Waals surface area (Å²) in [6, 6.07) is 0. The Kier molecular flexibility index (Phi) is 5.99. The highest BCUT2D eigenvalue weighted by atomic mass is 16.4. The Bertz CT molecular complexity index is 413. The molecule has 120 valence electrons. The maximum atomic E-state index is 11.9. The minimum atomic E-state index is -1.31. The van der Waals surface area contributed by atoms with Crippen LogP contribution in [0, 0.1) is 16.7 Å². The summed E-state index contributed by atoms with van der Waals surface area (Å²) in [5, 5.41) is 19.3. The normalized spacial score (nSPS) is 28.8. The Hall–Kier alpha value is -1.32. The van der Waals surface area contributed by atoms with Gasteiger partial charge in [0.15, 0.2) is 0 Å². The van der Waals surface area contributed by atoms with Crippen molar-refractivity contribution in [2.75, 3.05) is 0 Å². The van der Waals surface area contributed by atoms with E-state index in [0.29, 0.717) is 25.2 Å². The van der Waals surface area contributed by atoms with Gasteiger partial charge in [-0.3, -0.25) is 9.59 Å². The molecule has 0 saturated carbocycles. The fourth-order valence-corrected chi connectivity index (χ4v) is 3.32. The monoisotopic (exact) mass is 296 g/mol. The van der Waals surface area contributed by atoms with Gasteiger partial charge in [0.1, 0.15) is 0 Å². The van der Waals surface area contributed by atoms with Crippen molar-refractivity contribution < 1.29 is 19.8 Å². The van der Waals surface area contributed by atoms with Crippen molar-refractivity contribution in [1.29, 1.82) is 0 Å². The molecule has 0 heterocycles. The summed E-state index contributed by atoms with van der Waals surface area (Å²) < 4.78 is 0. The number of allylic oxidation sites excluding steroid dienone is 1. The van der Waals surface area contributed by atoms with Crippen LogP contribution in [0.5, 0.6) is 0 Å². The van der Waals surface area contributed by atoms with Crippen molar-refractivity contribution in [2.45, 2.75) is 65.7 Å². The molecule has 4 heteroatoms. The summed E-state index contributed by atoms with van der Waals surface area (Å²) in [6.45, 7) is 5.89. The Labute approximate surface area is 127 Å². The first kappa shape index (κ1) is 17.7. The number of unbranched alkanes of at least 4 members (excludes halogenated alkanes) is 2. The van der Waals surface area contributed by atoms with E-state index in [4.69, 9.17) is 0 Å². The van der Waals surface area contributed by atoms with Crippen LogP contribution in [0.1, 0.15) is 65.7 Å². The molecule has 0 fully saturated rings. The van der Waals surface area contributed by atoms with E-state index in [9.17, 15) is 19.8 Å². The Morgan fingerprint density at radius 1 is 1.14 bits per heavy atom. The van der Waals surface area contributed by atoms with Gasteiger partial charge in [-0.05, 0) is 32.1 Å². The van der Waals surface area contributed by atoms with Gasteiger partial charge >= 0.3 is 11.9 Å². The van der Waals surface area contributed by atoms with Crippen LogP contribution < -0.4 is 0 Å². The zero-order valence-corrected chi connectivity index (χ0v) is 13.4.